The van der Waals surface area contributed by atoms with Gasteiger partial charge in [-0.15, -0.1) is 0 Å². The van der Waals surface area contributed by atoms with Gasteiger partial charge in [0.15, 0.2) is 5.96 Å². The summed E-state index contributed by atoms with van der Waals surface area (Å²) >= 11 is 0. The molecule has 3 rings (SSSR count). The van der Waals surface area contributed by atoms with Crippen molar-refractivity contribution in [2.45, 2.75) is 27.3 Å². The van der Waals surface area contributed by atoms with Crippen LogP contribution in [-0.4, -0.2) is 40.2 Å². The predicted octanol–water partition coefficient (Wildman–Crippen LogP) is 3.02. The van der Waals surface area contributed by atoms with Gasteiger partial charge >= 0.3 is 0 Å². The van der Waals surface area contributed by atoms with Gasteiger partial charge in [-0.1, -0.05) is 23.8 Å². The minimum atomic E-state index is 0.546. The zero-order valence-corrected chi connectivity index (χ0v) is 17.2. The normalized spacial score (nSPS) is 11.3. The van der Waals surface area contributed by atoms with E-state index < -0.39 is 0 Å². The Balaban J connectivity index is 1.50. The first-order valence-corrected chi connectivity index (χ1v) is 9.82. The molecule has 0 radical (unpaired) electrons. The van der Waals surface area contributed by atoms with Crippen LogP contribution in [0.15, 0.2) is 60.0 Å². The van der Waals surface area contributed by atoms with Crippen molar-refractivity contribution >= 4 is 5.96 Å². The molecule has 7 nitrogen and oxygen atoms in total. The van der Waals surface area contributed by atoms with Crippen LogP contribution in [0.4, 0.5) is 0 Å². The Morgan fingerprint density at radius 1 is 1.07 bits per heavy atom. The van der Waals surface area contributed by atoms with Crippen molar-refractivity contribution in [3.8, 4) is 11.6 Å². The van der Waals surface area contributed by atoms with Crippen molar-refractivity contribution in [1.29, 1.82) is 0 Å². The molecule has 3 aromatic rings. The Morgan fingerprint density at radius 3 is 2.55 bits per heavy atom. The van der Waals surface area contributed by atoms with E-state index in [1.165, 1.54) is 5.56 Å². The second-order valence-corrected chi connectivity index (χ2v) is 6.65. The standard InChI is InChI=1S/C22H28N6O/c1-4-23-22(25-12-14-29-20-8-5-17(2)6-9-20)27-16-19-7-10-21(26-15-19)28-13-11-24-18(28)3/h5-11,13,15H,4,12,14,16H2,1-3H3,(H2,23,25,27). The number of hydrogen-bond acceptors (Lipinski definition) is 4. The van der Waals surface area contributed by atoms with Crippen LogP contribution >= 0.6 is 0 Å². The summed E-state index contributed by atoms with van der Waals surface area (Å²) in [6, 6.07) is 12.1. The number of aromatic nitrogens is 3. The van der Waals surface area contributed by atoms with Crippen LogP contribution in [0.1, 0.15) is 23.9 Å². The number of pyridine rings is 1. The molecule has 2 N–H and O–H groups in total. The van der Waals surface area contributed by atoms with Crippen LogP contribution in [0.3, 0.4) is 0 Å². The van der Waals surface area contributed by atoms with E-state index in [2.05, 4.69) is 32.5 Å². The monoisotopic (exact) mass is 392 g/mol. The first-order chi connectivity index (χ1) is 14.2. The van der Waals surface area contributed by atoms with Crippen molar-refractivity contribution in [3.05, 3.63) is 71.9 Å². The number of ether oxygens (including phenoxy) is 1. The molecule has 0 amide bonds. The fourth-order valence-corrected chi connectivity index (χ4v) is 2.76. The number of nitrogens with one attached hydrogen (secondary N) is 2. The van der Waals surface area contributed by atoms with Crippen molar-refractivity contribution in [3.63, 3.8) is 0 Å². The average Bonchev–Trinajstić information content (AvgIpc) is 3.17. The molecule has 0 bridgehead atoms. The van der Waals surface area contributed by atoms with Gasteiger partial charge in [-0.05, 0) is 44.5 Å². The quantitative estimate of drug-likeness (QED) is 0.350. The van der Waals surface area contributed by atoms with Crippen LogP contribution in [0.5, 0.6) is 5.75 Å². The largest absolute Gasteiger partial charge is 0.492 e. The van der Waals surface area contributed by atoms with E-state index in [-0.39, 0.29) is 0 Å². The third-order valence-corrected chi connectivity index (χ3v) is 4.33. The van der Waals surface area contributed by atoms with E-state index in [1.54, 1.807) is 6.20 Å². The van der Waals surface area contributed by atoms with Crippen molar-refractivity contribution in [1.82, 2.24) is 25.2 Å². The first kappa shape index (κ1) is 20.4. The molecule has 0 saturated heterocycles. The lowest BCUT2D eigenvalue weighted by Crippen LogP contribution is -2.39. The SMILES string of the molecule is CCNC(=NCc1ccc(-n2ccnc2C)nc1)NCCOc1ccc(C)cc1. The van der Waals surface area contributed by atoms with Gasteiger partial charge in [0.1, 0.15) is 24.0 Å². The van der Waals surface area contributed by atoms with E-state index >= 15 is 0 Å². The van der Waals surface area contributed by atoms with Crippen molar-refractivity contribution in [2.24, 2.45) is 4.99 Å². The summed E-state index contributed by atoms with van der Waals surface area (Å²) in [5, 5.41) is 6.55. The molecule has 0 aliphatic carbocycles. The molecule has 2 heterocycles. The highest BCUT2D eigenvalue weighted by atomic mass is 16.5. The highest BCUT2D eigenvalue weighted by Crippen LogP contribution is 2.11. The first-order valence-electron chi connectivity index (χ1n) is 9.82. The van der Waals surface area contributed by atoms with Gasteiger partial charge in [0, 0.05) is 25.1 Å². The summed E-state index contributed by atoms with van der Waals surface area (Å²) in [5.41, 5.74) is 2.26. The number of hydrogen-bond donors (Lipinski definition) is 2. The van der Waals surface area contributed by atoms with Crippen molar-refractivity contribution in [2.75, 3.05) is 19.7 Å². The zero-order valence-electron chi connectivity index (χ0n) is 17.2. The molecule has 0 aliphatic heterocycles. The number of rotatable bonds is 8. The second kappa shape index (κ2) is 10.3. The molecule has 0 unspecified atom stereocenters. The van der Waals surface area contributed by atoms with Gasteiger partial charge in [0.2, 0.25) is 0 Å². The molecule has 0 saturated carbocycles. The van der Waals surface area contributed by atoms with E-state index in [0.717, 1.165) is 35.5 Å². The zero-order chi connectivity index (χ0) is 20.5. The summed E-state index contributed by atoms with van der Waals surface area (Å²) in [6.07, 6.45) is 5.52. The Hall–Kier alpha value is -3.35. The smallest absolute Gasteiger partial charge is 0.191 e. The van der Waals surface area contributed by atoms with E-state index in [4.69, 9.17) is 4.74 Å². The molecule has 0 fully saturated rings. The summed E-state index contributed by atoms with van der Waals surface area (Å²) in [5.74, 6) is 3.40. The van der Waals surface area contributed by atoms with Crippen LogP contribution in [0, 0.1) is 13.8 Å². The number of aliphatic imine (C=N–C) groups is 1. The van der Waals surface area contributed by atoms with Crippen molar-refractivity contribution < 1.29 is 4.74 Å². The molecular formula is C22H28N6O. The lowest BCUT2D eigenvalue weighted by molar-refractivity contribution is 0.322. The highest BCUT2D eigenvalue weighted by molar-refractivity contribution is 5.79. The molecular weight excluding hydrogens is 364 g/mol. The number of aryl methyl sites for hydroxylation is 2. The Bertz CT molecular complexity index is 915. The Labute approximate surface area is 171 Å². The summed E-state index contributed by atoms with van der Waals surface area (Å²) in [6.45, 7) is 8.63. The Kier molecular flexibility index (Phi) is 7.22. The minimum Gasteiger partial charge on any atom is -0.492 e. The number of imidazole rings is 1. The van der Waals surface area contributed by atoms with Crippen LogP contribution < -0.4 is 15.4 Å². The van der Waals surface area contributed by atoms with Gasteiger partial charge in [-0.2, -0.15) is 0 Å². The molecule has 1 aromatic carbocycles. The van der Waals surface area contributed by atoms with E-state index in [0.29, 0.717) is 19.7 Å². The average molecular weight is 393 g/mol. The summed E-state index contributed by atoms with van der Waals surface area (Å²) < 4.78 is 7.70. The van der Waals surface area contributed by atoms with Gasteiger partial charge in [-0.3, -0.25) is 4.57 Å². The molecule has 0 aliphatic rings. The maximum Gasteiger partial charge on any atom is 0.191 e. The second-order valence-electron chi connectivity index (χ2n) is 6.65. The van der Waals surface area contributed by atoms with Gasteiger partial charge in [0.25, 0.3) is 0 Å². The van der Waals surface area contributed by atoms with E-state index in [1.807, 2.05) is 67.2 Å². The van der Waals surface area contributed by atoms with E-state index in [9.17, 15) is 0 Å². The van der Waals surface area contributed by atoms with Crippen LogP contribution in [0.2, 0.25) is 0 Å². The number of nitrogens with zero attached hydrogens (tertiary/aromatic N) is 4. The highest BCUT2D eigenvalue weighted by Gasteiger charge is 2.03. The predicted molar refractivity (Wildman–Crippen MR) is 116 cm³/mol. The van der Waals surface area contributed by atoms with Crippen LogP contribution in [-0.2, 0) is 6.54 Å². The Morgan fingerprint density at radius 2 is 1.90 bits per heavy atom. The number of guanidine groups is 1. The van der Waals surface area contributed by atoms with Crippen LogP contribution in [0.25, 0.3) is 5.82 Å². The lowest BCUT2D eigenvalue weighted by atomic mass is 10.2. The molecule has 29 heavy (non-hydrogen) atoms. The molecule has 2 aromatic heterocycles. The van der Waals surface area contributed by atoms with Gasteiger partial charge < -0.3 is 15.4 Å². The molecule has 152 valence electrons. The third kappa shape index (κ3) is 6.07. The summed E-state index contributed by atoms with van der Waals surface area (Å²) in [4.78, 5) is 13.4. The molecule has 0 spiro atoms. The minimum absolute atomic E-state index is 0.546. The fourth-order valence-electron chi connectivity index (χ4n) is 2.76. The lowest BCUT2D eigenvalue weighted by Gasteiger charge is -2.12. The third-order valence-electron chi connectivity index (χ3n) is 4.33. The molecule has 7 heteroatoms. The maximum absolute atomic E-state index is 5.75. The molecule has 0 atom stereocenters. The topological polar surface area (TPSA) is 76.4 Å². The van der Waals surface area contributed by atoms with Gasteiger partial charge in [-0.25, -0.2) is 15.0 Å². The summed E-state index contributed by atoms with van der Waals surface area (Å²) in [7, 11) is 0. The maximum atomic E-state index is 5.75. The van der Waals surface area contributed by atoms with Gasteiger partial charge in [0.05, 0.1) is 13.1 Å². The fraction of sp³-hybridized carbons (Fsp3) is 0.318. The number of benzene rings is 1.